The second-order valence-corrected chi connectivity index (χ2v) is 4.72. The third-order valence-electron chi connectivity index (χ3n) is 3.24. The van der Waals surface area contributed by atoms with Crippen LogP contribution in [-0.4, -0.2) is 21.9 Å². The van der Waals surface area contributed by atoms with E-state index < -0.39 is 22.2 Å². The van der Waals surface area contributed by atoms with Crippen LogP contribution in [0.3, 0.4) is 0 Å². The van der Waals surface area contributed by atoms with E-state index in [2.05, 4.69) is 0 Å². The molecule has 23 heavy (non-hydrogen) atoms. The van der Waals surface area contributed by atoms with Gasteiger partial charge in [-0.2, -0.15) is 0 Å². The number of amides is 1. The van der Waals surface area contributed by atoms with Crippen LogP contribution in [0.1, 0.15) is 6.92 Å². The number of hydrogen-bond donors (Lipinski definition) is 0. The van der Waals surface area contributed by atoms with Crippen molar-refractivity contribution in [1.29, 1.82) is 0 Å². The van der Waals surface area contributed by atoms with Gasteiger partial charge >= 0.3 is 0 Å². The van der Waals surface area contributed by atoms with Gasteiger partial charge in [-0.3, -0.25) is 24.3 Å². The van der Waals surface area contributed by atoms with Crippen LogP contribution in [-0.2, 0) is 11.3 Å². The topological polar surface area (TPSA) is 85.4 Å². The van der Waals surface area contributed by atoms with Gasteiger partial charge in [0.25, 0.3) is 11.2 Å². The molecule has 0 spiro atoms. The Hall–Kier alpha value is -3.03. The SMILES string of the molecule is CCN(C(=O)Cn1cc([N+](=O)[O-])ccc1=O)c1ccc(F)cc1. The second kappa shape index (κ2) is 6.82. The summed E-state index contributed by atoms with van der Waals surface area (Å²) in [4.78, 5) is 35.6. The highest BCUT2D eigenvalue weighted by Crippen LogP contribution is 2.15. The Morgan fingerprint density at radius 1 is 1.26 bits per heavy atom. The first kappa shape index (κ1) is 16.3. The number of pyridine rings is 1. The van der Waals surface area contributed by atoms with Crippen LogP contribution < -0.4 is 10.5 Å². The Kier molecular flexibility index (Phi) is 4.85. The number of rotatable bonds is 5. The largest absolute Gasteiger partial charge is 0.311 e. The number of hydrogen-bond acceptors (Lipinski definition) is 4. The predicted molar refractivity (Wildman–Crippen MR) is 81.8 cm³/mol. The normalized spacial score (nSPS) is 10.3. The zero-order valence-corrected chi connectivity index (χ0v) is 12.3. The molecule has 0 saturated carbocycles. The molecule has 0 N–H and O–H groups in total. The van der Waals surface area contributed by atoms with Crippen molar-refractivity contribution in [3.8, 4) is 0 Å². The number of benzene rings is 1. The maximum absolute atomic E-state index is 13.0. The van der Waals surface area contributed by atoms with Crippen LogP contribution in [0.25, 0.3) is 0 Å². The molecule has 8 heteroatoms. The van der Waals surface area contributed by atoms with Crippen LogP contribution in [0.5, 0.6) is 0 Å². The lowest BCUT2D eigenvalue weighted by atomic mass is 10.2. The van der Waals surface area contributed by atoms with Crippen LogP contribution in [0, 0.1) is 15.9 Å². The zero-order valence-electron chi connectivity index (χ0n) is 12.3. The molecule has 120 valence electrons. The van der Waals surface area contributed by atoms with Crippen LogP contribution in [0.4, 0.5) is 15.8 Å². The molecular formula is C15H14FN3O4. The van der Waals surface area contributed by atoms with E-state index in [0.29, 0.717) is 12.2 Å². The molecule has 1 heterocycles. The molecule has 0 atom stereocenters. The number of nitrogens with zero attached hydrogens (tertiary/aromatic N) is 3. The number of halogens is 1. The average molecular weight is 319 g/mol. The van der Waals surface area contributed by atoms with Crippen molar-refractivity contribution in [2.75, 3.05) is 11.4 Å². The summed E-state index contributed by atoms with van der Waals surface area (Å²) in [5.74, 6) is -0.853. The molecule has 0 saturated heterocycles. The summed E-state index contributed by atoms with van der Waals surface area (Å²) in [5.41, 5.74) is -0.307. The van der Waals surface area contributed by atoms with Gasteiger partial charge in [-0.15, -0.1) is 0 Å². The zero-order chi connectivity index (χ0) is 17.0. The molecule has 2 rings (SSSR count). The van der Waals surface area contributed by atoms with Crippen molar-refractivity contribution in [2.24, 2.45) is 0 Å². The highest BCUT2D eigenvalue weighted by atomic mass is 19.1. The quantitative estimate of drug-likeness (QED) is 0.622. The molecule has 0 fully saturated rings. The van der Waals surface area contributed by atoms with E-state index in [9.17, 15) is 24.1 Å². The molecule has 7 nitrogen and oxygen atoms in total. The number of carbonyl (C=O) groups excluding carboxylic acids is 1. The minimum absolute atomic E-state index is 0.276. The molecule has 0 bridgehead atoms. The number of anilines is 1. The molecule has 0 unspecified atom stereocenters. The van der Waals surface area contributed by atoms with Gasteiger partial charge in [0, 0.05) is 24.4 Å². The summed E-state index contributed by atoms with van der Waals surface area (Å²) in [6, 6.07) is 7.48. The Bertz CT molecular complexity index is 786. The lowest BCUT2D eigenvalue weighted by Gasteiger charge is -2.21. The summed E-state index contributed by atoms with van der Waals surface area (Å²) >= 11 is 0. The molecule has 0 radical (unpaired) electrons. The maximum atomic E-state index is 13.0. The van der Waals surface area contributed by atoms with Crippen molar-refractivity contribution in [3.05, 3.63) is 68.9 Å². The smallest absolute Gasteiger partial charge is 0.285 e. The Morgan fingerprint density at radius 3 is 2.48 bits per heavy atom. The number of likely N-dealkylation sites (N-methyl/N-ethyl adjacent to an activating group) is 1. The number of carbonyl (C=O) groups is 1. The van der Waals surface area contributed by atoms with Crippen molar-refractivity contribution < 1.29 is 14.1 Å². The maximum Gasteiger partial charge on any atom is 0.285 e. The minimum Gasteiger partial charge on any atom is -0.311 e. The summed E-state index contributed by atoms with van der Waals surface area (Å²) in [7, 11) is 0. The molecule has 2 aromatic rings. The fourth-order valence-corrected chi connectivity index (χ4v) is 2.11. The van der Waals surface area contributed by atoms with Gasteiger partial charge in [0.2, 0.25) is 5.91 Å². The summed E-state index contributed by atoms with van der Waals surface area (Å²) < 4.78 is 13.9. The van der Waals surface area contributed by atoms with Gasteiger partial charge < -0.3 is 4.90 Å². The third-order valence-corrected chi connectivity index (χ3v) is 3.24. The van der Waals surface area contributed by atoms with Crippen molar-refractivity contribution in [2.45, 2.75) is 13.5 Å². The first-order valence-electron chi connectivity index (χ1n) is 6.83. The van der Waals surface area contributed by atoms with E-state index >= 15 is 0 Å². The molecular weight excluding hydrogens is 305 g/mol. The Labute approximate surface area is 130 Å². The van der Waals surface area contributed by atoms with Gasteiger partial charge in [0.05, 0.1) is 11.1 Å². The van der Waals surface area contributed by atoms with Gasteiger partial charge in [-0.05, 0) is 31.2 Å². The van der Waals surface area contributed by atoms with Crippen molar-refractivity contribution >= 4 is 17.3 Å². The van der Waals surface area contributed by atoms with Crippen LogP contribution >= 0.6 is 0 Å². The van der Waals surface area contributed by atoms with Gasteiger partial charge in [-0.1, -0.05) is 0 Å². The lowest BCUT2D eigenvalue weighted by molar-refractivity contribution is -0.385. The summed E-state index contributed by atoms with van der Waals surface area (Å²) in [5, 5.41) is 10.8. The molecule has 0 aliphatic heterocycles. The summed E-state index contributed by atoms with van der Waals surface area (Å²) in [6.07, 6.45) is 1.03. The first-order valence-corrected chi connectivity index (χ1v) is 6.83. The number of aromatic nitrogens is 1. The van der Waals surface area contributed by atoms with E-state index in [0.717, 1.165) is 22.9 Å². The van der Waals surface area contributed by atoms with E-state index in [1.165, 1.54) is 29.2 Å². The van der Waals surface area contributed by atoms with Crippen molar-refractivity contribution in [1.82, 2.24) is 4.57 Å². The molecule has 1 aromatic carbocycles. The Balaban J connectivity index is 2.26. The van der Waals surface area contributed by atoms with E-state index in [4.69, 9.17) is 0 Å². The third kappa shape index (κ3) is 3.79. The van der Waals surface area contributed by atoms with E-state index in [1.54, 1.807) is 6.92 Å². The first-order chi connectivity index (χ1) is 10.9. The number of nitro groups is 1. The lowest BCUT2D eigenvalue weighted by Crippen LogP contribution is -2.36. The van der Waals surface area contributed by atoms with E-state index in [1.807, 2.05) is 0 Å². The molecule has 1 amide bonds. The van der Waals surface area contributed by atoms with Crippen LogP contribution in [0.15, 0.2) is 47.4 Å². The van der Waals surface area contributed by atoms with E-state index in [-0.39, 0.29) is 12.2 Å². The monoisotopic (exact) mass is 319 g/mol. The van der Waals surface area contributed by atoms with Crippen molar-refractivity contribution in [3.63, 3.8) is 0 Å². The standard InChI is InChI=1S/C15H14FN3O4/c1-2-18(12-5-3-11(16)4-6-12)15(21)10-17-9-13(19(22)23)7-8-14(17)20/h3-9H,2,10H2,1H3. The highest BCUT2D eigenvalue weighted by molar-refractivity contribution is 5.93. The van der Waals surface area contributed by atoms with Gasteiger partial charge in [0.1, 0.15) is 12.4 Å². The van der Waals surface area contributed by atoms with Crippen LogP contribution in [0.2, 0.25) is 0 Å². The minimum atomic E-state index is -0.641. The molecule has 0 aliphatic rings. The molecule has 0 aliphatic carbocycles. The molecule has 1 aromatic heterocycles. The fourth-order valence-electron chi connectivity index (χ4n) is 2.11. The Morgan fingerprint density at radius 2 is 1.91 bits per heavy atom. The van der Waals surface area contributed by atoms with Gasteiger partial charge in [0.15, 0.2) is 0 Å². The fraction of sp³-hybridized carbons (Fsp3) is 0.200. The predicted octanol–water partition coefficient (Wildman–Crippen LogP) is 1.95. The summed E-state index contributed by atoms with van der Waals surface area (Å²) in [6.45, 7) is 1.71. The van der Waals surface area contributed by atoms with Gasteiger partial charge in [-0.25, -0.2) is 4.39 Å². The highest BCUT2D eigenvalue weighted by Gasteiger charge is 2.16. The second-order valence-electron chi connectivity index (χ2n) is 4.72. The average Bonchev–Trinajstić information content (AvgIpc) is 2.52.